The first-order valence-electron chi connectivity index (χ1n) is 14.2. The molecular weight excluding hydrogens is 610 g/mol. The van der Waals surface area contributed by atoms with Crippen LogP contribution >= 0.6 is 0 Å². The van der Waals surface area contributed by atoms with Gasteiger partial charge in [0.15, 0.2) is 0 Å². The van der Waals surface area contributed by atoms with Gasteiger partial charge in [0.25, 0.3) is 0 Å². The van der Waals surface area contributed by atoms with Crippen molar-refractivity contribution < 1.29 is 44.3 Å². The van der Waals surface area contributed by atoms with Crippen molar-refractivity contribution in [3.05, 3.63) is 142 Å². The maximum Gasteiger partial charge on any atom is 2.00 e. The average Bonchev–Trinajstić information content (AvgIpc) is 3.52. The summed E-state index contributed by atoms with van der Waals surface area (Å²) in [6.07, 6.45) is 6.33. The molecule has 0 amide bonds. The van der Waals surface area contributed by atoms with Gasteiger partial charge in [0.1, 0.15) is 5.97 Å². The zero-order valence-electron chi connectivity index (χ0n) is 23.7. The zero-order chi connectivity index (χ0) is 30.2. The number of rotatable bonds is 2. The molecule has 1 heterocycles. The monoisotopic (exact) mass is 640 g/mol. The number of carboxylic acids is 1. The Labute approximate surface area is 265 Å². The van der Waals surface area contributed by atoms with Gasteiger partial charge in [0.2, 0.25) is 0 Å². The van der Waals surface area contributed by atoms with Gasteiger partial charge in [-0.2, -0.15) is 13.2 Å². The summed E-state index contributed by atoms with van der Waals surface area (Å²) in [6.45, 7) is 2.00. The first kappa shape index (κ1) is 32.9. The number of hydrogen-bond donors (Lipinski definition) is 1. The Morgan fingerprint density at radius 3 is 1.11 bits per heavy atom. The standard InChI is InChI=1S/C30H23N.C4H8O.C2HF3O2.Ni/c1-5-13-25-21(9-1)17-18-22-10-2-6-14-26(22)29(25)31-30-27-15-7-3-11-23(27)19-20-24-12-4-8-16-28(24)30;1-2-4-5-3-1;3-2(4,5)1(6)7;/h1-20,29-31H;1-4H2;(H,6,7);/q;;;+2/p-1. The fourth-order valence-electron chi connectivity index (χ4n) is 5.43. The van der Waals surface area contributed by atoms with E-state index in [1.807, 2.05) is 0 Å². The van der Waals surface area contributed by atoms with Crippen LogP contribution in [0.15, 0.2) is 97.1 Å². The van der Waals surface area contributed by atoms with Crippen molar-refractivity contribution in [1.29, 1.82) is 0 Å². The predicted molar refractivity (Wildman–Crippen MR) is 162 cm³/mol. The third-order valence-electron chi connectivity index (χ3n) is 7.51. The summed E-state index contributed by atoms with van der Waals surface area (Å²) in [5.41, 5.74) is 10.3. The molecular formula is C36H31F3NNiO3+. The number of fused-ring (bicyclic) bond motifs is 4. The molecule has 2 aliphatic carbocycles. The maximum absolute atomic E-state index is 10.5. The molecule has 1 aliphatic heterocycles. The minimum absolute atomic E-state index is 0. The zero-order valence-corrected chi connectivity index (χ0v) is 24.7. The number of aliphatic carboxylic acids is 1. The smallest absolute Gasteiger partial charge is 0.542 e. The van der Waals surface area contributed by atoms with Crippen LogP contribution in [0.2, 0.25) is 0 Å². The van der Waals surface area contributed by atoms with Crippen molar-refractivity contribution in [1.82, 2.24) is 5.32 Å². The maximum atomic E-state index is 10.5. The van der Waals surface area contributed by atoms with Crippen LogP contribution in [-0.2, 0) is 26.0 Å². The first-order chi connectivity index (χ1) is 20.8. The van der Waals surface area contributed by atoms with Crippen molar-refractivity contribution in [3.8, 4) is 0 Å². The Morgan fingerprint density at radius 2 is 0.886 bits per heavy atom. The van der Waals surface area contributed by atoms with Crippen LogP contribution in [0.3, 0.4) is 0 Å². The molecule has 0 unspecified atom stereocenters. The van der Waals surface area contributed by atoms with Crippen molar-refractivity contribution >= 4 is 30.3 Å². The number of carboxylic acid groups (broad SMARTS) is 1. The van der Waals surface area contributed by atoms with Gasteiger partial charge >= 0.3 is 22.7 Å². The van der Waals surface area contributed by atoms with Crippen molar-refractivity contribution in [3.63, 3.8) is 0 Å². The second-order valence-corrected chi connectivity index (χ2v) is 10.3. The van der Waals surface area contributed by atoms with E-state index in [1.165, 1.54) is 57.3 Å². The molecule has 4 aromatic carbocycles. The van der Waals surface area contributed by atoms with Gasteiger partial charge in [-0.1, -0.05) is 121 Å². The quantitative estimate of drug-likeness (QED) is 0.235. The van der Waals surface area contributed by atoms with Crippen molar-refractivity contribution in [2.24, 2.45) is 0 Å². The van der Waals surface area contributed by atoms with E-state index in [2.05, 4.69) is 127 Å². The third kappa shape index (κ3) is 7.94. The summed E-state index contributed by atoms with van der Waals surface area (Å²) >= 11 is 0. The van der Waals surface area contributed by atoms with Crippen LogP contribution < -0.4 is 10.4 Å². The molecule has 0 aromatic heterocycles. The molecule has 3 aliphatic rings. The van der Waals surface area contributed by atoms with Crippen LogP contribution in [-0.4, -0.2) is 25.4 Å². The van der Waals surface area contributed by atoms with Crippen molar-refractivity contribution in [2.75, 3.05) is 13.2 Å². The van der Waals surface area contributed by atoms with Gasteiger partial charge in [-0.05, 0) is 57.3 Å². The van der Waals surface area contributed by atoms with E-state index in [4.69, 9.17) is 14.6 Å². The summed E-state index contributed by atoms with van der Waals surface area (Å²) in [5, 5.41) is 12.9. The molecule has 0 bridgehead atoms. The molecule has 0 spiro atoms. The minimum Gasteiger partial charge on any atom is -0.542 e. The Morgan fingerprint density at radius 1 is 0.614 bits per heavy atom. The molecule has 1 N–H and O–H groups in total. The molecule has 0 atom stereocenters. The second kappa shape index (κ2) is 15.2. The number of nitrogens with one attached hydrogen (secondary N) is 1. The molecule has 228 valence electrons. The molecule has 8 heteroatoms. The van der Waals surface area contributed by atoms with Gasteiger partial charge in [0.05, 0.1) is 12.1 Å². The third-order valence-corrected chi connectivity index (χ3v) is 7.51. The number of carbonyl (C=O) groups is 1. The number of halogens is 3. The first-order valence-corrected chi connectivity index (χ1v) is 14.2. The Hall–Kier alpha value is -3.97. The van der Waals surface area contributed by atoms with E-state index in [0.29, 0.717) is 0 Å². The summed E-state index contributed by atoms with van der Waals surface area (Å²) in [7, 11) is 0. The van der Waals surface area contributed by atoms with E-state index in [1.54, 1.807) is 0 Å². The summed E-state index contributed by atoms with van der Waals surface area (Å²) < 4.78 is 36.5. The van der Waals surface area contributed by atoms with E-state index in [9.17, 15) is 13.2 Å². The normalized spacial score (nSPS) is 14.9. The van der Waals surface area contributed by atoms with E-state index >= 15 is 0 Å². The minimum atomic E-state index is -5.19. The van der Waals surface area contributed by atoms with Crippen LogP contribution in [0.1, 0.15) is 69.4 Å². The van der Waals surface area contributed by atoms with E-state index < -0.39 is 12.1 Å². The molecule has 1 fully saturated rings. The van der Waals surface area contributed by atoms with Gasteiger partial charge in [-0.25, -0.2) is 0 Å². The van der Waals surface area contributed by atoms with E-state index in [0.717, 1.165) is 13.2 Å². The van der Waals surface area contributed by atoms with Crippen LogP contribution in [0.25, 0.3) is 24.3 Å². The Balaban J connectivity index is 0.000000288. The number of hydrogen-bond acceptors (Lipinski definition) is 4. The number of alkyl halides is 3. The summed E-state index contributed by atoms with van der Waals surface area (Å²) in [6, 6.07) is 35.1. The van der Waals surface area contributed by atoms with Crippen molar-refractivity contribution in [2.45, 2.75) is 31.1 Å². The SMILES string of the molecule is C1=Cc2ccccc2C(NC2c3ccccc3C=Cc3ccccc32)c2ccccc21.C1CCOC1.O=C([O-])C(F)(F)F.[Ni+2]. The molecule has 4 aromatic rings. The Bertz CT molecular complexity index is 1420. The summed E-state index contributed by atoms with van der Waals surface area (Å²) in [5.74, 6) is -3.01. The fourth-order valence-corrected chi connectivity index (χ4v) is 5.43. The van der Waals surface area contributed by atoms with Gasteiger partial charge in [-0.3, -0.25) is 5.32 Å². The fraction of sp³-hybridized carbons (Fsp3) is 0.194. The molecule has 0 saturated carbocycles. The second-order valence-electron chi connectivity index (χ2n) is 10.3. The largest absolute Gasteiger partial charge is 2.00 e. The topological polar surface area (TPSA) is 61.4 Å². The van der Waals surface area contributed by atoms with Crippen LogP contribution in [0.5, 0.6) is 0 Å². The van der Waals surface area contributed by atoms with Crippen LogP contribution in [0, 0.1) is 0 Å². The van der Waals surface area contributed by atoms with Gasteiger partial charge in [0, 0.05) is 13.2 Å². The average molecular weight is 641 g/mol. The van der Waals surface area contributed by atoms with Crippen LogP contribution in [0.4, 0.5) is 13.2 Å². The molecule has 4 nitrogen and oxygen atoms in total. The number of ether oxygens (including phenoxy) is 1. The molecule has 7 rings (SSSR count). The number of carbonyl (C=O) groups excluding carboxylic acids is 1. The van der Waals surface area contributed by atoms with E-state index in [-0.39, 0.29) is 28.6 Å². The van der Waals surface area contributed by atoms with Gasteiger partial charge < -0.3 is 14.6 Å². The molecule has 44 heavy (non-hydrogen) atoms. The Kier molecular flexibility index (Phi) is 11.3. The number of benzene rings is 4. The molecule has 0 radical (unpaired) electrons. The molecule has 1 saturated heterocycles. The predicted octanol–water partition coefficient (Wildman–Crippen LogP) is 7.22. The summed E-state index contributed by atoms with van der Waals surface area (Å²) in [4.78, 5) is 8.78. The van der Waals surface area contributed by atoms with Gasteiger partial charge in [-0.15, -0.1) is 0 Å².